The molecule has 1 amide bonds. The molecular formula is C17H14ClF2NO4. The Labute approximate surface area is 147 Å². The number of alkyl halides is 2. The van der Waals surface area contributed by atoms with Gasteiger partial charge in [0.2, 0.25) is 0 Å². The maximum atomic E-state index is 12.5. The second kappa shape index (κ2) is 7.14. The van der Waals surface area contributed by atoms with Gasteiger partial charge < -0.3 is 19.5 Å². The molecule has 0 unspecified atom stereocenters. The Balaban J connectivity index is 1.71. The summed E-state index contributed by atoms with van der Waals surface area (Å²) < 4.78 is 39.9. The van der Waals surface area contributed by atoms with Crippen molar-refractivity contribution in [2.75, 3.05) is 12.4 Å². The number of amides is 1. The number of halogens is 3. The molecule has 2 aromatic carbocycles. The van der Waals surface area contributed by atoms with Crippen LogP contribution in [0.2, 0.25) is 5.02 Å². The lowest BCUT2D eigenvalue weighted by molar-refractivity contribution is -0.122. The summed E-state index contributed by atoms with van der Waals surface area (Å²) in [6, 6.07) is 9.34. The van der Waals surface area contributed by atoms with E-state index in [9.17, 15) is 13.6 Å². The van der Waals surface area contributed by atoms with Crippen molar-refractivity contribution in [1.82, 2.24) is 0 Å². The summed E-state index contributed by atoms with van der Waals surface area (Å²) in [5.74, 6) is 0.164. The van der Waals surface area contributed by atoms with Crippen LogP contribution in [0.4, 0.5) is 14.5 Å². The van der Waals surface area contributed by atoms with Gasteiger partial charge in [-0.1, -0.05) is 11.6 Å². The minimum atomic E-state index is -3.00. The first-order valence-corrected chi connectivity index (χ1v) is 7.73. The van der Waals surface area contributed by atoms with E-state index < -0.39 is 18.6 Å². The lowest BCUT2D eigenvalue weighted by Gasteiger charge is -2.14. The molecule has 5 nitrogen and oxygen atoms in total. The Morgan fingerprint density at radius 1 is 1.28 bits per heavy atom. The summed E-state index contributed by atoms with van der Waals surface area (Å²) in [6.07, 6.45) is -0.354. The van der Waals surface area contributed by atoms with Crippen LogP contribution in [0, 0.1) is 0 Å². The third-order valence-electron chi connectivity index (χ3n) is 3.64. The van der Waals surface area contributed by atoms with Crippen LogP contribution in [0.5, 0.6) is 17.2 Å². The number of fused-ring (bicyclic) bond motifs is 1. The number of ether oxygens (including phenoxy) is 3. The summed E-state index contributed by atoms with van der Waals surface area (Å²) in [5, 5.41) is 3.18. The standard InChI is InChI=1S/C17H14ClF2NO4/c1-23-13-5-3-11(8-14(13)25-17(19)20)21-16(22)15-7-9-6-10(18)2-4-12(9)24-15/h2-6,8,15,17H,7H2,1H3,(H,21,22)/t15-/m1/s1. The van der Waals surface area contributed by atoms with E-state index in [1.165, 1.54) is 25.3 Å². The third kappa shape index (κ3) is 3.93. The predicted molar refractivity (Wildman–Crippen MR) is 87.8 cm³/mol. The van der Waals surface area contributed by atoms with Crippen LogP contribution >= 0.6 is 11.6 Å². The number of carbonyl (C=O) groups excluding carboxylic acids is 1. The highest BCUT2D eigenvalue weighted by Gasteiger charge is 2.29. The number of nitrogens with one attached hydrogen (secondary N) is 1. The quantitative estimate of drug-likeness (QED) is 0.868. The van der Waals surface area contributed by atoms with Crippen LogP contribution in [0.1, 0.15) is 5.56 Å². The van der Waals surface area contributed by atoms with Gasteiger partial charge in [0.15, 0.2) is 17.6 Å². The molecular weight excluding hydrogens is 356 g/mol. The van der Waals surface area contributed by atoms with E-state index in [4.69, 9.17) is 21.1 Å². The molecule has 0 radical (unpaired) electrons. The molecule has 1 aliphatic heterocycles. The molecule has 1 aliphatic rings. The number of anilines is 1. The fourth-order valence-electron chi connectivity index (χ4n) is 2.53. The van der Waals surface area contributed by atoms with Crippen molar-refractivity contribution in [2.45, 2.75) is 19.1 Å². The van der Waals surface area contributed by atoms with Crippen molar-refractivity contribution in [3.8, 4) is 17.2 Å². The molecule has 132 valence electrons. The molecule has 0 saturated carbocycles. The molecule has 0 aromatic heterocycles. The molecule has 25 heavy (non-hydrogen) atoms. The highest BCUT2D eigenvalue weighted by atomic mass is 35.5. The van der Waals surface area contributed by atoms with Crippen LogP contribution in [0.15, 0.2) is 36.4 Å². The first-order chi connectivity index (χ1) is 12.0. The first-order valence-electron chi connectivity index (χ1n) is 7.35. The molecule has 0 bridgehead atoms. The molecule has 8 heteroatoms. The largest absolute Gasteiger partial charge is 0.493 e. The topological polar surface area (TPSA) is 56.8 Å². The van der Waals surface area contributed by atoms with Gasteiger partial charge in [-0.3, -0.25) is 4.79 Å². The Kier molecular flexibility index (Phi) is 4.94. The number of rotatable bonds is 5. The average molecular weight is 370 g/mol. The SMILES string of the molecule is COc1ccc(NC(=O)[C@H]2Cc3cc(Cl)ccc3O2)cc1OC(F)F. The van der Waals surface area contributed by atoms with Crippen molar-refractivity contribution < 1.29 is 27.8 Å². The van der Waals surface area contributed by atoms with Crippen LogP contribution in [0.3, 0.4) is 0 Å². The number of benzene rings is 2. The Morgan fingerprint density at radius 2 is 2.08 bits per heavy atom. The second-order valence-corrected chi connectivity index (χ2v) is 5.73. The molecule has 3 rings (SSSR count). The molecule has 1 atom stereocenters. The second-order valence-electron chi connectivity index (χ2n) is 5.30. The van der Waals surface area contributed by atoms with Gasteiger partial charge in [0.05, 0.1) is 7.11 Å². The molecule has 0 aliphatic carbocycles. The lowest BCUT2D eigenvalue weighted by atomic mass is 10.1. The zero-order valence-electron chi connectivity index (χ0n) is 13.1. The van der Waals surface area contributed by atoms with Gasteiger partial charge in [-0.05, 0) is 35.9 Å². The molecule has 2 aromatic rings. The van der Waals surface area contributed by atoms with Crippen LogP contribution in [-0.4, -0.2) is 25.7 Å². The number of methoxy groups -OCH3 is 1. The van der Waals surface area contributed by atoms with Gasteiger partial charge >= 0.3 is 6.61 Å². The van der Waals surface area contributed by atoms with E-state index in [1.807, 2.05) is 0 Å². The minimum Gasteiger partial charge on any atom is -0.493 e. The van der Waals surface area contributed by atoms with Gasteiger partial charge in [-0.2, -0.15) is 8.78 Å². The molecule has 1 N–H and O–H groups in total. The first kappa shape index (κ1) is 17.3. The lowest BCUT2D eigenvalue weighted by Crippen LogP contribution is -2.31. The molecule has 0 spiro atoms. The summed E-state index contributed by atoms with van der Waals surface area (Å²) in [7, 11) is 1.33. The van der Waals surface area contributed by atoms with E-state index in [2.05, 4.69) is 10.1 Å². The number of hydrogen-bond donors (Lipinski definition) is 1. The van der Waals surface area contributed by atoms with E-state index in [0.29, 0.717) is 22.9 Å². The monoisotopic (exact) mass is 369 g/mol. The summed E-state index contributed by atoms with van der Waals surface area (Å²) in [6.45, 7) is -3.00. The third-order valence-corrected chi connectivity index (χ3v) is 3.87. The van der Waals surface area contributed by atoms with E-state index >= 15 is 0 Å². The predicted octanol–water partition coefficient (Wildman–Crippen LogP) is 3.89. The van der Waals surface area contributed by atoms with Crippen molar-refractivity contribution in [3.63, 3.8) is 0 Å². The normalized spacial score (nSPS) is 15.5. The Bertz CT molecular complexity index is 800. The van der Waals surface area contributed by atoms with Crippen molar-refractivity contribution in [1.29, 1.82) is 0 Å². The highest BCUT2D eigenvalue weighted by molar-refractivity contribution is 6.30. The Hall–Kier alpha value is -2.54. The molecule has 1 heterocycles. The summed E-state index contributed by atoms with van der Waals surface area (Å²) >= 11 is 5.92. The zero-order chi connectivity index (χ0) is 18.0. The average Bonchev–Trinajstić information content (AvgIpc) is 2.98. The van der Waals surface area contributed by atoms with E-state index in [-0.39, 0.29) is 11.5 Å². The van der Waals surface area contributed by atoms with Gasteiger partial charge in [0.25, 0.3) is 5.91 Å². The minimum absolute atomic E-state index is 0.137. The smallest absolute Gasteiger partial charge is 0.387 e. The molecule has 0 saturated heterocycles. The number of hydrogen-bond acceptors (Lipinski definition) is 4. The van der Waals surface area contributed by atoms with Crippen LogP contribution in [0.25, 0.3) is 0 Å². The number of carbonyl (C=O) groups is 1. The van der Waals surface area contributed by atoms with Gasteiger partial charge in [-0.25, -0.2) is 0 Å². The fraction of sp³-hybridized carbons (Fsp3) is 0.235. The van der Waals surface area contributed by atoms with Gasteiger partial charge in [-0.15, -0.1) is 0 Å². The molecule has 0 fully saturated rings. The fourth-order valence-corrected chi connectivity index (χ4v) is 2.72. The van der Waals surface area contributed by atoms with E-state index in [0.717, 1.165) is 5.56 Å². The summed E-state index contributed by atoms with van der Waals surface area (Å²) in [5.41, 5.74) is 1.13. The van der Waals surface area contributed by atoms with Crippen LogP contribution < -0.4 is 19.5 Å². The maximum Gasteiger partial charge on any atom is 0.387 e. The van der Waals surface area contributed by atoms with Crippen molar-refractivity contribution in [2.24, 2.45) is 0 Å². The highest BCUT2D eigenvalue weighted by Crippen LogP contribution is 2.33. The van der Waals surface area contributed by atoms with Crippen molar-refractivity contribution >= 4 is 23.2 Å². The van der Waals surface area contributed by atoms with Crippen molar-refractivity contribution in [3.05, 3.63) is 47.0 Å². The summed E-state index contributed by atoms with van der Waals surface area (Å²) in [4.78, 5) is 12.4. The Morgan fingerprint density at radius 3 is 2.80 bits per heavy atom. The van der Waals surface area contributed by atoms with Gasteiger partial charge in [0.1, 0.15) is 5.75 Å². The maximum absolute atomic E-state index is 12.5. The van der Waals surface area contributed by atoms with E-state index in [1.54, 1.807) is 18.2 Å². The zero-order valence-corrected chi connectivity index (χ0v) is 13.8. The van der Waals surface area contributed by atoms with Crippen LogP contribution in [-0.2, 0) is 11.2 Å². The van der Waals surface area contributed by atoms with Gasteiger partial charge in [0, 0.05) is 23.2 Å².